The Labute approximate surface area is 172 Å². The molecule has 0 saturated carbocycles. The number of carbonyl (C=O) groups excluding carboxylic acids is 2. The molecule has 1 heterocycles. The summed E-state index contributed by atoms with van der Waals surface area (Å²) in [6.07, 6.45) is 0. The van der Waals surface area contributed by atoms with Crippen molar-refractivity contribution in [2.24, 2.45) is 17.6 Å². The molecule has 0 unspecified atom stereocenters. The van der Waals surface area contributed by atoms with Gasteiger partial charge in [0.15, 0.2) is 0 Å². The zero-order valence-corrected chi connectivity index (χ0v) is 17.8. The maximum Gasteiger partial charge on any atom is 0.253 e. The van der Waals surface area contributed by atoms with Crippen molar-refractivity contribution in [2.75, 3.05) is 49.6 Å². The molecule has 1 aliphatic rings. The molecule has 1 aromatic rings. The number of benzene rings is 1. The molecular formula is C21H33FN4O3. The van der Waals surface area contributed by atoms with Gasteiger partial charge in [-0.1, -0.05) is 27.7 Å². The van der Waals surface area contributed by atoms with Gasteiger partial charge in [0.25, 0.3) is 5.91 Å². The summed E-state index contributed by atoms with van der Waals surface area (Å²) >= 11 is 0. The first kappa shape index (κ1) is 23.3. The molecule has 0 radical (unpaired) electrons. The quantitative estimate of drug-likeness (QED) is 0.653. The Morgan fingerprint density at radius 1 is 1.28 bits per heavy atom. The van der Waals surface area contributed by atoms with Crippen LogP contribution in [0.5, 0.6) is 0 Å². The molecule has 0 bridgehead atoms. The number of hydrogen-bond acceptors (Lipinski definition) is 5. The number of nitrogens with zero attached hydrogens (tertiary/aromatic N) is 2. The predicted molar refractivity (Wildman–Crippen MR) is 112 cm³/mol. The Kier molecular flexibility index (Phi) is 8.55. The minimum Gasteiger partial charge on any atom is -0.370 e. The molecule has 0 aromatic heterocycles. The molecule has 8 heteroatoms. The van der Waals surface area contributed by atoms with Crippen molar-refractivity contribution < 1.29 is 18.7 Å². The summed E-state index contributed by atoms with van der Waals surface area (Å²) in [6.45, 7) is 10.7. The smallest absolute Gasteiger partial charge is 0.253 e. The first-order valence-electron chi connectivity index (χ1n) is 10.2. The average molecular weight is 409 g/mol. The van der Waals surface area contributed by atoms with Crippen molar-refractivity contribution in [3.05, 3.63) is 24.0 Å². The molecule has 29 heavy (non-hydrogen) atoms. The highest BCUT2D eigenvalue weighted by atomic mass is 19.1. The lowest BCUT2D eigenvalue weighted by molar-refractivity contribution is -0.125. The number of anilines is 2. The Morgan fingerprint density at radius 2 is 1.93 bits per heavy atom. The molecule has 1 aliphatic heterocycles. The Hall–Kier alpha value is -2.03. The first-order valence-corrected chi connectivity index (χ1v) is 10.2. The van der Waals surface area contributed by atoms with E-state index in [-0.39, 0.29) is 30.7 Å². The fourth-order valence-electron chi connectivity index (χ4n) is 3.47. The molecule has 1 fully saturated rings. The Balaban J connectivity index is 2.13. The van der Waals surface area contributed by atoms with Crippen molar-refractivity contribution in [1.29, 1.82) is 0 Å². The first-order chi connectivity index (χ1) is 13.7. The lowest BCUT2D eigenvalue weighted by atomic mass is 10.1. The van der Waals surface area contributed by atoms with E-state index >= 15 is 0 Å². The largest absolute Gasteiger partial charge is 0.370 e. The number of carbonyl (C=O) groups is 2. The number of nitrogens with one attached hydrogen (secondary N) is 1. The van der Waals surface area contributed by atoms with E-state index in [9.17, 15) is 14.0 Å². The van der Waals surface area contributed by atoms with E-state index < -0.39 is 11.9 Å². The summed E-state index contributed by atoms with van der Waals surface area (Å²) in [4.78, 5) is 28.3. The summed E-state index contributed by atoms with van der Waals surface area (Å²) in [5.41, 5.74) is 6.43. The highest BCUT2D eigenvalue weighted by molar-refractivity contribution is 5.97. The Morgan fingerprint density at radius 3 is 2.45 bits per heavy atom. The van der Waals surface area contributed by atoms with Crippen LogP contribution in [0.4, 0.5) is 15.8 Å². The van der Waals surface area contributed by atoms with Crippen molar-refractivity contribution in [2.45, 2.75) is 33.7 Å². The molecule has 162 valence electrons. The summed E-state index contributed by atoms with van der Waals surface area (Å²) in [6, 6.07) is 3.82. The van der Waals surface area contributed by atoms with Crippen LogP contribution in [0.2, 0.25) is 0 Å². The third-order valence-electron chi connectivity index (χ3n) is 4.67. The molecule has 3 N–H and O–H groups in total. The standard InChI is InChI=1S/C21H33FN4O3/c1-14(2)11-25(12-15(3)4)19(10-23)21(28)24-18-6-5-16(9-17(18)22)26-7-8-29-13-20(26)27/h5-6,9,14-15,19H,7-8,10-13,23H2,1-4H3,(H,24,28)/t19-/m0/s1. The number of amides is 2. The number of halogens is 1. The van der Waals surface area contributed by atoms with E-state index in [0.717, 1.165) is 13.1 Å². The van der Waals surface area contributed by atoms with E-state index in [4.69, 9.17) is 10.5 Å². The van der Waals surface area contributed by atoms with Crippen LogP contribution in [0, 0.1) is 17.7 Å². The van der Waals surface area contributed by atoms with E-state index in [1.165, 1.54) is 17.0 Å². The fourth-order valence-corrected chi connectivity index (χ4v) is 3.47. The van der Waals surface area contributed by atoms with Crippen LogP contribution < -0.4 is 16.0 Å². The van der Waals surface area contributed by atoms with Gasteiger partial charge in [-0.3, -0.25) is 14.5 Å². The summed E-state index contributed by atoms with van der Waals surface area (Å²) < 4.78 is 19.7. The van der Waals surface area contributed by atoms with Crippen molar-refractivity contribution in [3.8, 4) is 0 Å². The minimum absolute atomic E-state index is 0.0141. The van der Waals surface area contributed by atoms with Gasteiger partial charge in [0.1, 0.15) is 18.5 Å². The van der Waals surface area contributed by atoms with Gasteiger partial charge in [0, 0.05) is 31.9 Å². The zero-order valence-electron chi connectivity index (χ0n) is 17.8. The molecular weight excluding hydrogens is 375 g/mol. The van der Waals surface area contributed by atoms with Gasteiger partial charge in [-0.15, -0.1) is 0 Å². The lowest BCUT2D eigenvalue weighted by Gasteiger charge is -2.32. The maximum absolute atomic E-state index is 14.7. The number of nitrogens with two attached hydrogens (primary N) is 1. The monoisotopic (exact) mass is 408 g/mol. The van der Waals surface area contributed by atoms with Gasteiger partial charge in [-0.05, 0) is 30.0 Å². The van der Waals surface area contributed by atoms with E-state index in [1.807, 2.05) is 0 Å². The van der Waals surface area contributed by atoms with E-state index in [2.05, 4.69) is 37.9 Å². The van der Waals surface area contributed by atoms with Crippen LogP contribution in [0.3, 0.4) is 0 Å². The van der Waals surface area contributed by atoms with Crippen molar-refractivity contribution >= 4 is 23.2 Å². The molecule has 0 spiro atoms. The van der Waals surface area contributed by atoms with Crippen LogP contribution >= 0.6 is 0 Å². The van der Waals surface area contributed by atoms with Gasteiger partial charge < -0.3 is 20.7 Å². The number of morpholine rings is 1. The van der Waals surface area contributed by atoms with Crippen LogP contribution in [-0.4, -0.2) is 62.1 Å². The molecule has 0 aliphatic carbocycles. The summed E-state index contributed by atoms with van der Waals surface area (Å²) in [5, 5.41) is 2.67. The second-order valence-corrected chi connectivity index (χ2v) is 8.24. The van der Waals surface area contributed by atoms with E-state index in [1.54, 1.807) is 6.07 Å². The maximum atomic E-state index is 14.7. The lowest BCUT2D eigenvalue weighted by Crippen LogP contribution is -2.51. The van der Waals surface area contributed by atoms with Gasteiger partial charge in [-0.2, -0.15) is 0 Å². The second kappa shape index (κ2) is 10.7. The minimum atomic E-state index is -0.592. The fraction of sp³-hybridized carbons (Fsp3) is 0.619. The van der Waals surface area contributed by atoms with Gasteiger partial charge in [0.2, 0.25) is 5.91 Å². The molecule has 1 saturated heterocycles. The molecule has 1 aromatic carbocycles. The molecule has 7 nitrogen and oxygen atoms in total. The third kappa shape index (κ3) is 6.48. The summed E-state index contributed by atoms with van der Waals surface area (Å²) in [7, 11) is 0. The molecule has 2 rings (SSSR count). The highest BCUT2D eigenvalue weighted by Gasteiger charge is 2.27. The summed E-state index contributed by atoms with van der Waals surface area (Å²) in [5.74, 6) is -0.392. The third-order valence-corrected chi connectivity index (χ3v) is 4.67. The zero-order chi connectivity index (χ0) is 21.6. The predicted octanol–water partition coefficient (Wildman–Crippen LogP) is 2.07. The van der Waals surface area contributed by atoms with Gasteiger partial charge in [0.05, 0.1) is 12.3 Å². The number of rotatable bonds is 9. The van der Waals surface area contributed by atoms with Gasteiger partial charge >= 0.3 is 0 Å². The topological polar surface area (TPSA) is 87.9 Å². The molecule has 1 atom stereocenters. The van der Waals surface area contributed by atoms with Crippen LogP contribution in [-0.2, 0) is 14.3 Å². The van der Waals surface area contributed by atoms with Crippen LogP contribution in [0.1, 0.15) is 27.7 Å². The average Bonchev–Trinajstić information content (AvgIpc) is 2.63. The molecule has 2 amide bonds. The number of ether oxygens (including phenoxy) is 1. The van der Waals surface area contributed by atoms with E-state index in [0.29, 0.717) is 30.7 Å². The van der Waals surface area contributed by atoms with Gasteiger partial charge in [-0.25, -0.2) is 4.39 Å². The van der Waals surface area contributed by atoms with Crippen molar-refractivity contribution in [1.82, 2.24) is 4.90 Å². The van der Waals surface area contributed by atoms with Crippen LogP contribution in [0.25, 0.3) is 0 Å². The van der Waals surface area contributed by atoms with Crippen LogP contribution in [0.15, 0.2) is 18.2 Å². The van der Waals surface area contributed by atoms with Crippen molar-refractivity contribution in [3.63, 3.8) is 0 Å². The second-order valence-electron chi connectivity index (χ2n) is 8.24. The normalized spacial score (nSPS) is 16.0. The SMILES string of the molecule is CC(C)CN(CC(C)C)[C@@H](CN)C(=O)Nc1ccc(N2CCOCC2=O)cc1F. The highest BCUT2D eigenvalue weighted by Crippen LogP contribution is 2.24. The Bertz CT molecular complexity index is 701. The number of hydrogen-bond donors (Lipinski definition) is 2.